The number of carbonyl (C=O) groups excluding carboxylic acids is 3. The van der Waals surface area contributed by atoms with E-state index in [0.717, 1.165) is 6.42 Å². The summed E-state index contributed by atoms with van der Waals surface area (Å²) in [6.45, 7) is 7.25. The van der Waals surface area contributed by atoms with Crippen molar-refractivity contribution in [2.75, 3.05) is 13.1 Å². The largest absolute Gasteiger partial charge is 0.391 e. The second-order valence-electron chi connectivity index (χ2n) is 7.55. The van der Waals surface area contributed by atoms with Gasteiger partial charge in [0.25, 0.3) is 0 Å². The number of aliphatic hydroxyl groups is 1. The number of nitrogens with zero attached hydrogens (tertiary/aromatic N) is 4. The molecule has 1 saturated heterocycles. The molecule has 28 heavy (non-hydrogen) atoms. The molecule has 3 atom stereocenters. The lowest BCUT2D eigenvalue weighted by Crippen LogP contribution is -2.60. The van der Waals surface area contributed by atoms with E-state index in [2.05, 4.69) is 15.3 Å². The number of nitrogens with one attached hydrogen (secondary N) is 1. The maximum Gasteiger partial charge on any atom is 0.248 e. The van der Waals surface area contributed by atoms with Gasteiger partial charge in [-0.05, 0) is 32.8 Å². The van der Waals surface area contributed by atoms with Gasteiger partial charge in [0.15, 0.2) is 0 Å². The lowest BCUT2D eigenvalue weighted by molar-refractivity contribution is -0.144. The summed E-state index contributed by atoms with van der Waals surface area (Å²) in [6.07, 6.45) is 3.71. The van der Waals surface area contributed by atoms with Crippen molar-refractivity contribution < 1.29 is 19.5 Å². The van der Waals surface area contributed by atoms with Gasteiger partial charge in [0.1, 0.15) is 11.9 Å². The van der Waals surface area contributed by atoms with Gasteiger partial charge in [-0.15, -0.1) is 0 Å². The number of likely N-dealkylation sites (tertiary alicyclic amines) is 1. The van der Waals surface area contributed by atoms with Gasteiger partial charge in [0.05, 0.1) is 18.2 Å². The lowest BCUT2D eigenvalue weighted by atomic mass is 9.96. The van der Waals surface area contributed by atoms with Crippen LogP contribution in [0.15, 0.2) is 18.5 Å². The molecule has 1 fully saturated rings. The van der Waals surface area contributed by atoms with Crippen molar-refractivity contribution in [2.45, 2.75) is 64.8 Å². The zero-order valence-electron chi connectivity index (χ0n) is 16.9. The number of hydrogen-bond donors (Lipinski definition) is 2. The minimum atomic E-state index is -1.03. The molecule has 2 heterocycles. The van der Waals surface area contributed by atoms with Crippen molar-refractivity contribution in [3.8, 4) is 0 Å². The molecule has 0 aliphatic carbocycles. The fourth-order valence-electron chi connectivity index (χ4n) is 3.61. The van der Waals surface area contributed by atoms with E-state index in [4.69, 9.17) is 0 Å². The van der Waals surface area contributed by atoms with E-state index in [-0.39, 0.29) is 24.3 Å². The van der Waals surface area contributed by atoms with Crippen molar-refractivity contribution in [1.29, 1.82) is 0 Å². The summed E-state index contributed by atoms with van der Waals surface area (Å²) in [5.41, 5.74) is -0.608. The van der Waals surface area contributed by atoms with Crippen LogP contribution in [-0.4, -0.2) is 73.4 Å². The average Bonchev–Trinajstić information content (AvgIpc) is 3.00. The van der Waals surface area contributed by atoms with Crippen LogP contribution in [0.3, 0.4) is 0 Å². The summed E-state index contributed by atoms with van der Waals surface area (Å²) in [6, 6.07) is 0.691. The Balaban J connectivity index is 2.20. The molecule has 0 bridgehead atoms. The molecule has 3 amide bonds. The van der Waals surface area contributed by atoms with Crippen LogP contribution >= 0.6 is 0 Å². The molecule has 1 unspecified atom stereocenters. The second kappa shape index (κ2) is 9.09. The van der Waals surface area contributed by atoms with Gasteiger partial charge in [-0.1, -0.05) is 0 Å². The first-order chi connectivity index (χ1) is 13.1. The minimum absolute atomic E-state index is 0.137. The zero-order valence-corrected chi connectivity index (χ0v) is 16.9. The smallest absolute Gasteiger partial charge is 0.248 e. The van der Waals surface area contributed by atoms with Crippen LogP contribution in [-0.2, 0) is 20.9 Å². The average molecular weight is 391 g/mol. The minimum Gasteiger partial charge on any atom is -0.391 e. The molecule has 1 aromatic rings. The maximum absolute atomic E-state index is 13.1. The highest BCUT2D eigenvalue weighted by atomic mass is 16.3. The third-order valence-electron chi connectivity index (χ3n) is 5.05. The normalized spacial score (nSPS) is 21.1. The van der Waals surface area contributed by atoms with Crippen LogP contribution in [0.4, 0.5) is 0 Å². The highest BCUT2D eigenvalue weighted by molar-refractivity contribution is 5.88. The molecule has 2 rings (SSSR count). The van der Waals surface area contributed by atoms with E-state index in [0.29, 0.717) is 25.3 Å². The fourth-order valence-corrected chi connectivity index (χ4v) is 3.61. The first-order valence-corrected chi connectivity index (χ1v) is 9.42. The second-order valence-corrected chi connectivity index (χ2v) is 7.55. The molecule has 1 aromatic heterocycles. The van der Waals surface area contributed by atoms with Gasteiger partial charge >= 0.3 is 0 Å². The summed E-state index contributed by atoms with van der Waals surface area (Å²) in [5, 5.41) is 12.5. The van der Waals surface area contributed by atoms with Crippen molar-refractivity contribution in [3.63, 3.8) is 0 Å². The number of amides is 3. The molecule has 9 nitrogen and oxygen atoms in total. The van der Waals surface area contributed by atoms with Gasteiger partial charge < -0.3 is 20.2 Å². The van der Waals surface area contributed by atoms with E-state index in [1.807, 2.05) is 6.92 Å². The van der Waals surface area contributed by atoms with Gasteiger partial charge in [0, 0.05) is 39.3 Å². The Kier molecular flexibility index (Phi) is 7.06. The third kappa shape index (κ3) is 5.25. The van der Waals surface area contributed by atoms with Gasteiger partial charge in [-0.3, -0.25) is 14.4 Å². The molecule has 2 N–H and O–H groups in total. The van der Waals surface area contributed by atoms with Crippen molar-refractivity contribution in [3.05, 3.63) is 24.3 Å². The number of hydrogen-bond acceptors (Lipinski definition) is 6. The van der Waals surface area contributed by atoms with E-state index in [1.54, 1.807) is 28.3 Å². The van der Waals surface area contributed by atoms with E-state index in [9.17, 15) is 19.5 Å². The Hall–Kier alpha value is -2.55. The first kappa shape index (κ1) is 21.7. The van der Waals surface area contributed by atoms with Crippen LogP contribution in [0.2, 0.25) is 0 Å². The highest BCUT2D eigenvalue weighted by Crippen LogP contribution is 2.31. The molecule has 0 spiro atoms. The molecule has 0 radical (unpaired) electrons. The van der Waals surface area contributed by atoms with E-state index < -0.39 is 17.7 Å². The third-order valence-corrected chi connectivity index (χ3v) is 5.05. The molecule has 1 aliphatic heterocycles. The molecular weight excluding hydrogens is 362 g/mol. The van der Waals surface area contributed by atoms with Crippen LogP contribution in [0.1, 0.15) is 46.4 Å². The molecule has 9 heteroatoms. The predicted molar refractivity (Wildman–Crippen MR) is 102 cm³/mol. The number of aliphatic hydroxyl groups excluding tert-OH is 1. The Labute approximate surface area is 165 Å². The Morgan fingerprint density at radius 2 is 1.96 bits per heavy atom. The van der Waals surface area contributed by atoms with E-state index in [1.165, 1.54) is 20.8 Å². The summed E-state index contributed by atoms with van der Waals surface area (Å²) in [4.78, 5) is 48.4. The topological polar surface area (TPSA) is 116 Å². The van der Waals surface area contributed by atoms with Crippen molar-refractivity contribution in [2.24, 2.45) is 0 Å². The number of carbonyl (C=O) groups is 3. The standard InChI is InChI=1S/C19H29N5O4/c1-13(25)17(22-14(2)26)18(28)24-10-5-7-19(24,4)12-23(15(3)27)11-16-20-8-6-9-21-16/h6,8-9,13,17,25H,5,7,10-12H2,1-4H3,(H,22,26)/t13-,17+,19?/m1/s1. The molecule has 0 aromatic carbocycles. The summed E-state index contributed by atoms with van der Waals surface area (Å²) in [5.74, 6) is -0.337. The lowest BCUT2D eigenvalue weighted by Gasteiger charge is -2.41. The Morgan fingerprint density at radius 3 is 2.50 bits per heavy atom. The molecule has 1 aliphatic rings. The first-order valence-electron chi connectivity index (χ1n) is 9.42. The summed E-state index contributed by atoms with van der Waals surface area (Å²) in [7, 11) is 0. The van der Waals surface area contributed by atoms with Crippen LogP contribution in [0.25, 0.3) is 0 Å². The quantitative estimate of drug-likeness (QED) is 0.681. The van der Waals surface area contributed by atoms with Gasteiger partial charge in [-0.2, -0.15) is 0 Å². The predicted octanol–water partition coefficient (Wildman–Crippen LogP) is 0.0917. The number of aromatic nitrogens is 2. The molecule has 0 saturated carbocycles. The monoisotopic (exact) mass is 391 g/mol. The van der Waals surface area contributed by atoms with Crippen molar-refractivity contribution >= 4 is 17.7 Å². The van der Waals surface area contributed by atoms with Crippen LogP contribution in [0.5, 0.6) is 0 Å². The van der Waals surface area contributed by atoms with Crippen molar-refractivity contribution in [1.82, 2.24) is 25.1 Å². The molecular formula is C19H29N5O4. The zero-order chi connectivity index (χ0) is 20.9. The van der Waals surface area contributed by atoms with Crippen LogP contribution < -0.4 is 5.32 Å². The SMILES string of the molecule is CC(=O)N[C@H](C(=O)N1CCCC1(C)CN(Cc1ncccn1)C(C)=O)[C@@H](C)O. The van der Waals surface area contributed by atoms with Gasteiger partial charge in [-0.25, -0.2) is 9.97 Å². The van der Waals surface area contributed by atoms with Gasteiger partial charge in [0.2, 0.25) is 17.7 Å². The summed E-state index contributed by atoms with van der Waals surface area (Å²) < 4.78 is 0. The Bertz CT molecular complexity index is 712. The Morgan fingerprint density at radius 1 is 1.32 bits per heavy atom. The maximum atomic E-state index is 13.1. The fraction of sp³-hybridized carbons (Fsp3) is 0.632. The van der Waals surface area contributed by atoms with Crippen LogP contribution in [0, 0.1) is 0 Å². The molecule has 154 valence electrons. The summed E-state index contributed by atoms with van der Waals surface area (Å²) >= 11 is 0. The van der Waals surface area contributed by atoms with E-state index >= 15 is 0 Å². The number of rotatable bonds is 7. The highest BCUT2D eigenvalue weighted by Gasteiger charge is 2.44.